The van der Waals surface area contributed by atoms with Crippen LogP contribution >= 0.6 is 0 Å². The highest BCUT2D eigenvalue weighted by atomic mass is 32.2. The summed E-state index contributed by atoms with van der Waals surface area (Å²) >= 11 is 0. The zero-order chi connectivity index (χ0) is 24.8. The zero-order valence-electron chi connectivity index (χ0n) is 21.0. The lowest BCUT2D eigenvalue weighted by molar-refractivity contribution is -0.910. The molecule has 11 heteroatoms. The van der Waals surface area contributed by atoms with E-state index in [1.54, 1.807) is 0 Å². The Morgan fingerprint density at radius 1 is 0.970 bits per heavy atom. The van der Waals surface area contributed by atoms with Crippen LogP contribution in [0.4, 0.5) is 0 Å². The number of rotatable bonds is 19. The molecule has 1 saturated heterocycles. The van der Waals surface area contributed by atoms with Gasteiger partial charge in [-0.15, -0.1) is 0 Å². The topological polar surface area (TPSA) is 128 Å². The van der Waals surface area contributed by atoms with E-state index >= 15 is 0 Å². The first-order valence-electron chi connectivity index (χ1n) is 12.6. The van der Waals surface area contributed by atoms with Gasteiger partial charge in [0.05, 0.1) is 62.2 Å². The lowest BCUT2D eigenvalue weighted by Gasteiger charge is -2.42. The van der Waals surface area contributed by atoms with Gasteiger partial charge in [0.1, 0.15) is 0 Å². The number of aliphatic hydroxyl groups excluding tert-OH is 1. The molecule has 9 nitrogen and oxygen atoms in total. The lowest BCUT2D eigenvalue weighted by Crippen LogP contribution is -2.65. The first-order valence-corrected chi connectivity index (χ1v) is 16.2. The van der Waals surface area contributed by atoms with Crippen LogP contribution in [0.15, 0.2) is 0 Å². The first kappa shape index (κ1) is 30.9. The third-order valence-electron chi connectivity index (χ3n) is 6.57. The Morgan fingerprint density at radius 3 is 2.06 bits per heavy atom. The molecule has 1 rings (SSSR count). The fraction of sp³-hybridized carbons (Fsp3) is 1.00. The highest BCUT2D eigenvalue weighted by Gasteiger charge is 2.47. The molecule has 1 aliphatic heterocycles. The van der Waals surface area contributed by atoms with E-state index in [0.717, 1.165) is 30.5 Å². The average molecular weight is 513 g/mol. The minimum atomic E-state index is -4.26. The van der Waals surface area contributed by atoms with Crippen molar-refractivity contribution in [3.8, 4) is 0 Å². The van der Waals surface area contributed by atoms with Gasteiger partial charge in [-0.05, 0) is 38.6 Å². The van der Waals surface area contributed by atoms with E-state index < -0.39 is 30.2 Å². The summed E-state index contributed by atoms with van der Waals surface area (Å²) in [4.78, 5) is 10.9. The van der Waals surface area contributed by atoms with Gasteiger partial charge in [0.25, 0.3) is 0 Å². The van der Waals surface area contributed by atoms with Gasteiger partial charge in [0.15, 0.2) is 0 Å². The highest BCUT2D eigenvalue weighted by Crippen LogP contribution is 2.24. The molecular formula is C22H48N2O7SSi. The maximum absolute atomic E-state index is 10.9. The Kier molecular flexibility index (Phi) is 14.1. The molecule has 198 valence electrons. The maximum atomic E-state index is 10.9. The lowest BCUT2D eigenvalue weighted by atomic mass is 10.0. The summed E-state index contributed by atoms with van der Waals surface area (Å²) in [5.74, 6) is -0.463. The Balaban J connectivity index is 2.49. The number of nitrogens with zero attached hydrogens (tertiary/aromatic N) is 1. The summed E-state index contributed by atoms with van der Waals surface area (Å²) in [5, 5.41) is 12.8. The van der Waals surface area contributed by atoms with Crippen LogP contribution < -0.4 is 5.32 Å². The Morgan fingerprint density at radius 2 is 1.52 bits per heavy atom. The molecule has 0 aromatic heterocycles. The Labute approximate surface area is 202 Å². The number of unbranched alkanes of at least 4 members (excludes halogenated alkanes) is 5. The first-order chi connectivity index (χ1) is 15.5. The highest BCUT2D eigenvalue weighted by molar-refractivity contribution is 7.85. The molecule has 0 saturated carbocycles. The summed E-state index contributed by atoms with van der Waals surface area (Å²) in [6.07, 6.45) is 9.62. The van der Waals surface area contributed by atoms with E-state index in [-0.39, 0.29) is 32.8 Å². The molecular weight excluding hydrogens is 464 g/mol. The van der Waals surface area contributed by atoms with E-state index in [9.17, 15) is 22.9 Å². The molecule has 0 amide bonds. The summed E-state index contributed by atoms with van der Waals surface area (Å²) in [6, 6.07) is 0.486. The molecule has 0 aliphatic carbocycles. The summed E-state index contributed by atoms with van der Waals surface area (Å²) < 4.78 is 44.7. The van der Waals surface area contributed by atoms with Crippen LogP contribution in [-0.2, 0) is 19.0 Å². The fourth-order valence-electron chi connectivity index (χ4n) is 4.26. The predicted octanol–water partition coefficient (Wildman–Crippen LogP) is 1.83. The predicted molar refractivity (Wildman–Crippen MR) is 131 cm³/mol. The number of hydrogen-bond donors (Lipinski definition) is 3. The van der Waals surface area contributed by atoms with Gasteiger partial charge >= 0.3 is 8.80 Å². The van der Waals surface area contributed by atoms with Gasteiger partial charge < -0.3 is 33.1 Å². The molecule has 1 unspecified atom stereocenters. The van der Waals surface area contributed by atoms with Crippen molar-refractivity contribution in [2.45, 2.75) is 83.2 Å². The van der Waals surface area contributed by atoms with E-state index in [4.69, 9.17) is 8.85 Å². The summed E-state index contributed by atoms with van der Waals surface area (Å²) in [6.45, 7) is 7.88. The number of quaternary nitrogens is 1. The van der Waals surface area contributed by atoms with Crippen LogP contribution in [0.1, 0.15) is 71.6 Å². The van der Waals surface area contributed by atoms with E-state index in [2.05, 4.69) is 26.2 Å². The van der Waals surface area contributed by atoms with E-state index in [1.165, 1.54) is 44.9 Å². The third kappa shape index (κ3) is 13.0. The van der Waals surface area contributed by atoms with Crippen LogP contribution in [0.25, 0.3) is 0 Å². The van der Waals surface area contributed by atoms with Crippen LogP contribution in [0.2, 0.25) is 6.04 Å². The second-order valence-electron chi connectivity index (χ2n) is 9.93. The third-order valence-corrected chi connectivity index (χ3v) is 9.53. The molecule has 3 N–H and O–H groups in total. The van der Waals surface area contributed by atoms with Crippen LogP contribution in [0.3, 0.4) is 0 Å². The molecule has 0 spiro atoms. The van der Waals surface area contributed by atoms with Crippen LogP contribution in [0.5, 0.6) is 0 Å². The maximum Gasteiger partial charge on any atom is 0.498 e. The van der Waals surface area contributed by atoms with Gasteiger partial charge in [0.2, 0.25) is 0 Å². The normalized spacial score (nSPS) is 25.8. The van der Waals surface area contributed by atoms with Gasteiger partial charge in [-0.1, -0.05) is 33.1 Å². The smallest absolute Gasteiger partial charge is 0.498 e. The van der Waals surface area contributed by atoms with Crippen LogP contribution in [-0.4, -0.2) is 100 Å². The van der Waals surface area contributed by atoms with Crippen molar-refractivity contribution >= 4 is 18.9 Å². The largest absolute Gasteiger partial charge is 0.748 e. The van der Waals surface area contributed by atoms with Gasteiger partial charge in [-0.3, -0.25) is 0 Å². The van der Waals surface area contributed by atoms with Crippen molar-refractivity contribution in [1.29, 1.82) is 0 Å². The monoisotopic (exact) mass is 512 g/mol. The molecule has 1 atom stereocenters. The van der Waals surface area contributed by atoms with Crippen molar-refractivity contribution in [1.82, 2.24) is 5.32 Å². The van der Waals surface area contributed by atoms with Gasteiger partial charge in [0, 0.05) is 18.2 Å². The summed E-state index contributed by atoms with van der Waals surface area (Å²) in [7, 11) is -5.25. The molecule has 0 aromatic rings. The number of aliphatic hydroxyl groups is 1. The van der Waals surface area contributed by atoms with Crippen molar-refractivity contribution in [3.63, 3.8) is 0 Å². The van der Waals surface area contributed by atoms with Gasteiger partial charge in [-0.2, -0.15) is 0 Å². The standard InChI is InChI=1S/C22H48N2O7SSi/c1-4-6-8-10-15-24(3,14-9-7-5-2)16-12-18-33(29)30-20-22(19-25,21-31-33)23-13-11-17-32(26,27)28/h23,25,29H,4-21H2,1-3H3. The van der Waals surface area contributed by atoms with Crippen molar-refractivity contribution in [3.05, 3.63) is 0 Å². The molecule has 1 aliphatic rings. The number of nitrogens with one attached hydrogen (secondary N) is 1. The molecule has 0 radical (unpaired) electrons. The molecule has 1 fully saturated rings. The zero-order valence-corrected chi connectivity index (χ0v) is 22.8. The number of hydrogen-bond acceptors (Lipinski definition) is 8. The second-order valence-corrected chi connectivity index (χ2v) is 14.0. The summed E-state index contributed by atoms with van der Waals surface area (Å²) in [5.41, 5.74) is -0.893. The van der Waals surface area contributed by atoms with E-state index in [0.29, 0.717) is 6.04 Å². The quantitative estimate of drug-likeness (QED) is 0.103. The Hall–Kier alpha value is -0.113. The molecule has 33 heavy (non-hydrogen) atoms. The minimum Gasteiger partial charge on any atom is -0.748 e. The van der Waals surface area contributed by atoms with Crippen molar-refractivity contribution < 1.29 is 36.2 Å². The minimum absolute atomic E-state index is 0.0932. The molecule has 0 bridgehead atoms. The second kappa shape index (κ2) is 15.1. The molecule has 1 heterocycles. The van der Waals surface area contributed by atoms with Crippen molar-refractivity contribution in [2.75, 3.05) is 58.8 Å². The SMILES string of the molecule is CCCCCC[N+](C)(CCCCC)CCC[Si]1(O)OCC(CO)(NCCCS(=O)(=O)[O-])CO1. The van der Waals surface area contributed by atoms with Crippen LogP contribution in [0, 0.1) is 0 Å². The average Bonchev–Trinajstić information content (AvgIpc) is 2.76. The van der Waals surface area contributed by atoms with Crippen molar-refractivity contribution in [2.24, 2.45) is 0 Å². The van der Waals surface area contributed by atoms with E-state index in [1.807, 2.05) is 0 Å². The Bertz CT molecular complexity index is 630. The fourth-order valence-corrected chi connectivity index (χ4v) is 6.74. The van der Waals surface area contributed by atoms with Gasteiger partial charge in [-0.25, -0.2) is 8.42 Å². The molecule has 0 aromatic carbocycles.